The van der Waals surface area contributed by atoms with Crippen LogP contribution < -0.4 is 11.1 Å². The molecular formula is C13H17N3S. The first-order chi connectivity index (χ1) is 8.25. The van der Waals surface area contributed by atoms with Gasteiger partial charge in [-0.2, -0.15) is 0 Å². The summed E-state index contributed by atoms with van der Waals surface area (Å²) < 4.78 is 0. The van der Waals surface area contributed by atoms with Crippen LogP contribution in [0, 0.1) is 0 Å². The third-order valence-electron chi connectivity index (χ3n) is 2.75. The highest BCUT2D eigenvalue weighted by Gasteiger charge is 2.05. The Balaban J connectivity index is 1.79. The molecule has 90 valence electrons. The number of benzene rings is 1. The average molecular weight is 247 g/mol. The lowest BCUT2D eigenvalue weighted by molar-refractivity contribution is 0.706. The second-order valence-corrected chi connectivity index (χ2v) is 5.16. The second kappa shape index (κ2) is 5.68. The SMILES string of the molecule is CC(CCNc1ncc(N)s1)c1ccccc1. The van der Waals surface area contributed by atoms with Crippen LogP contribution in [0.25, 0.3) is 0 Å². The van der Waals surface area contributed by atoms with E-state index in [0.29, 0.717) is 5.92 Å². The van der Waals surface area contributed by atoms with Gasteiger partial charge in [-0.1, -0.05) is 48.6 Å². The lowest BCUT2D eigenvalue weighted by atomic mass is 9.98. The van der Waals surface area contributed by atoms with Crippen LogP contribution in [0.5, 0.6) is 0 Å². The highest BCUT2D eigenvalue weighted by Crippen LogP contribution is 2.21. The molecule has 1 atom stereocenters. The number of anilines is 2. The molecule has 0 aliphatic rings. The minimum Gasteiger partial charge on any atom is -0.389 e. The van der Waals surface area contributed by atoms with Crippen molar-refractivity contribution in [1.29, 1.82) is 0 Å². The molecule has 1 heterocycles. The number of nitrogens with zero attached hydrogens (tertiary/aromatic N) is 1. The summed E-state index contributed by atoms with van der Waals surface area (Å²) in [5.74, 6) is 0.556. The molecule has 1 aromatic carbocycles. The topological polar surface area (TPSA) is 50.9 Å². The van der Waals surface area contributed by atoms with Crippen LogP contribution in [-0.2, 0) is 0 Å². The predicted octanol–water partition coefficient (Wildman–Crippen LogP) is 3.33. The van der Waals surface area contributed by atoms with Crippen LogP contribution in [0.4, 0.5) is 10.1 Å². The van der Waals surface area contributed by atoms with E-state index in [-0.39, 0.29) is 0 Å². The third kappa shape index (κ3) is 3.46. The van der Waals surface area contributed by atoms with E-state index >= 15 is 0 Å². The van der Waals surface area contributed by atoms with Crippen molar-refractivity contribution in [3.05, 3.63) is 42.1 Å². The minimum absolute atomic E-state index is 0.556. The zero-order valence-electron chi connectivity index (χ0n) is 9.89. The van der Waals surface area contributed by atoms with E-state index in [4.69, 9.17) is 5.73 Å². The van der Waals surface area contributed by atoms with Crippen molar-refractivity contribution >= 4 is 21.5 Å². The number of nitrogens with two attached hydrogens (primary N) is 1. The van der Waals surface area contributed by atoms with Gasteiger partial charge >= 0.3 is 0 Å². The van der Waals surface area contributed by atoms with Crippen LogP contribution in [0.15, 0.2) is 36.5 Å². The molecule has 2 aromatic rings. The highest BCUT2D eigenvalue weighted by molar-refractivity contribution is 7.19. The van der Waals surface area contributed by atoms with Crippen LogP contribution in [0.2, 0.25) is 0 Å². The van der Waals surface area contributed by atoms with Gasteiger partial charge in [0.15, 0.2) is 5.13 Å². The molecule has 0 radical (unpaired) electrons. The largest absolute Gasteiger partial charge is 0.389 e. The van der Waals surface area contributed by atoms with Crippen molar-refractivity contribution in [3.8, 4) is 0 Å². The van der Waals surface area contributed by atoms with E-state index in [1.807, 2.05) is 6.07 Å². The van der Waals surface area contributed by atoms with Gasteiger partial charge in [0.1, 0.15) is 5.00 Å². The fraction of sp³-hybridized carbons (Fsp3) is 0.308. The number of nitrogens with one attached hydrogen (secondary N) is 1. The highest BCUT2D eigenvalue weighted by atomic mass is 32.1. The van der Waals surface area contributed by atoms with Gasteiger partial charge in [-0.25, -0.2) is 4.98 Å². The molecule has 2 rings (SSSR count). The van der Waals surface area contributed by atoms with Crippen LogP contribution in [-0.4, -0.2) is 11.5 Å². The van der Waals surface area contributed by atoms with Crippen LogP contribution >= 0.6 is 11.3 Å². The van der Waals surface area contributed by atoms with Gasteiger partial charge in [-0.05, 0) is 17.9 Å². The zero-order chi connectivity index (χ0) is 12.1. The Labute approximate surface area is 106 Å². The number of aromatic nitrogens is 1. The Morgan fingerprint density at radius 3 is 2.76 bits per heavy atom. The summed E-state index contributed by atoms with van der Waals surface area (Å²) in [6.45, 7) is 3.16. The Kier molecular flexibility index (Phi) is 3.98. The van der Waals surface area contributed by atoms with E-state index in [2.05, 4.69) is 41.5 Å². The van der Waals surface area contributed by atoms with Crippen molar-refractivity contribution in [2.24, 2.45) is 0 Å². The van der Waals surface area contributed by atoms with Crippen LogP contribution in [0.1, 0.15) is 24.8 Å². The molecule has 0 saturated carbocycles. The van der Waals surface area contributed by atoms with Crippen LogP contribution in [0.3, 0.4) is 0 Å². The molecule has 3 nitrogen and oxygen atoms in total. The second-order valence-electron chi connectivity index (χ2n) is 4.09. The lowest BCUT2D eigenvalue weighted by Gasteiger charge is -2.11. The Morgan fingerprint density at radius 2 is 2.12 bits per heavy atom. The maximum atomic E-state index is 5.62. The van der Waals surface area contributed by atoms with E-state index in [9.17, 15) is 0 Å². The molecule has 0 aliphatic heterocycles. The summed E-state index contributed by atoms with van der Waals surface area (Å²) in [6.07, 6.45) is 2.77. The molecule has 3 N–H and O–H groups in total. The standard InChI is InChI=1S/C13H17N3S/c1-10(11-5-3-2-4-6-11)7-8-15-13-16-9-12(14)17-13/h2-6,9-10H,7-8,14H2,1H3,(H,15,16). The van der Waals surface area contributed by atoms with Gasteiger partial charge in [0, 0.05) is 6.54 Å². The molecule has 17 heavy (non-hydrogen) atoms. The monoisotopic (exact) mass is 247 g/mol. The van der Waals surface area contributed by atoms with E-state index < -0.39 is 0 Å². The number of hydrogen-bond acceptors (Lipinski definition) is 4. The van der Waals surface area contributed by atoms with Crippen molar-refractivity contribution in [2.75, 3.05) is 17.6 Å². The van der Waals surface area contributed by atoms with Crippen molar-refractivity contribution in [2.45, 2.75) is 19.3 Å². The summed E-state index contributed by atoms with van der Waals surface area (Å²) >= 11 is 1.49. The van der Waals surface area contributed by atoms with Gasteiger partial charge in [0.05, 0.1) is 6.20 Å². The zero-order valence-corrected chi connectivity index (χ0v) is 10.7. The fourth-order valence-corrected chi connectivity index (χ4v) is 2.32. The molecule has 0 aliphatic carbocycles. The first kappa shape index (κ1) is 11.9. The quantitative estimate of drug-likeness (QED) is 0.852. The number of rotatable bonds is 5. The maximum absolute atomic E-state index is 5.62. The number of nitrogen functional groups attached to an aromatic ring is 1. The van der Waals surface area contributed by atoms with E-state index in [1.165, 1.54) is 16.9 Å². The summed E-state index contributed by atoms with van der Waals surface area (Å²) in [6, 6.07) is 10.6. The molecule has 1 unspecified atom stereocenters. The first-order valence-electron chi connectivity index (χ1n) is 5.76. The van der Waals surface area contributed by atoms with Gasteiger partial charge < -0.3 is 11.1 Å². The molecule has 0 amide bonds. The van der Waals surface area contributed by atoms with E-state index in [1.54, 1.807) is 6.20 Å². The minimum atomic E-state index is 0.556. The van der Waals surface area contributed by atoms with Crippen molar-refractivity contribution in [1.82, 2.24) is 4.98 Å². The molecular weight excluding hydrogens is 230 g/mol. The van der Waals surface area contributed by atoms with Gasteiger partial charge in [0.25, 0.3) is 0 Å². The van der Waals surface area contributed by atoms with Crippen molar-refractivity contribution < 1.29 is 0 Å². The van der Waals surface area contributed by atoms with Crippen molar-refractivity contribution in [3.63, 3.8) is 0 Å². The normalized spacial score (nSPS) is 12.3. The van der Waals surface area contributed by atoms with Gasteiger partial charge in [-0.3, -0.25) is 0 Å². The lowest BCUT2D eigenvalue weighted by Crippen LogP contribution is -2.05. The Morgan fingerprint density at radius 1 is 1.35 bits per heavy atom. The Bertz CT molecular complexity index is 453. The molecule has 1 aromatic heterocycles. The maximum Gasteiger partial charge on any atom is 0.184 e. The fourth-order valence-electron chi connectivity index (χ4n) is 1.71. The average Bonchev–Trinajstić information content (AvgIpc) is 2.76. The molecule has 0 spiro atoms. The summed E-state index contributed by atoms with van der Waals surface area (Å²) in [5, 5.41) is 4.95. The first-order valence-corrected chi connectivity index (χ1v) is 6.57. The number of hydrogen-bond donors (Lipinski definition) is 2. The van der Waals surface area contributed by atoms with Gasteiger partial charge in [-0.15, -0.1) is 0 Å². The predicted molar refractivity (Wildman–Crippen MR) is 74.5 cm³/mol. The molecule has 0 fully saturated rings. The molecule has 0 bridgehead atoms. The third-order valence-corrected chi connectivity index (χ3v) is 3.53. The summed E-state index contributed by atoms with van der Waals surface area (Å²) in [7, 11) is 0. The number of thiazole rings is 1. The Hall–Kier alpha value is -1.55. The smallest absolute Gasteiger partial charge is 0.184 e. The van der Waals surface area contributed by atoms with Gasteiger partial charge in [0.2, 0.25) is 0 Å². The molecule has 4 heteroatoms. The molecule has 0 saturated heterocycles. The van der Waals surface area contributed by atoms with E-state index in [0.717, 1.165) is 23.1 Å². The summed E-state index contributed by atoms with van der Waals surface area (Å²) in [4.78, 5) is 4.17. The summed E-state index contributed by atoms with van der Waals surface area (Å²) in [5.41, 5.74) is 7.00.